The first-order chi connectivity index (χ1) is 16.6. The zero-order valence-electron chi connectivity index (χ0n) is 18.9. The molecule has 0 spiro atoms. The van der Waals surface area contributed by atoms with E-state index in [-0.39, 0.29) is 32.7 Å². The SMILES string of the molecule is CN(C)c1cccnc1-n1c2[c-]c(Oc3cnc4cccc(O)c4n3)ccc2c2ccccc21.[Pt]. The van der Waals surface area contributed by atoms with Gasteiger partial charge in [0.05, 0.1) is 17.4 Å². The van der Waals surface area contributed by atoms with Gasteiger partial charge in [-0.1, -0.05) is 29.8 Å². The van der Waals surface area contributed by atoms with E-state index in [0.29, 0.717) is 16.8 Å². The zero-order chi connectivity index (χ0) is 23.2. The molecule has 0 saturated heterocycles. The second kappa shape index (κ2) is 9.00. The third-order valence-corrected chi connectivity index (χ3v) is 5.76. The Morgan fingerprint density at radius 1 is 0.914 bits per heavy atom. The number of hydrogen-bond acceptors (Lipinski definition) is 6. The van der Waals surface area contributed by atoms with E-state index in [2.05, 4.69) is 32.7 Å². The number of rotatable bonds is 4. The number of phenols is 1. The summed E-state index contributed by atoms with van der Waals surface area (Å²) in [6.45, 7) is 0. The van der Waals surface area contributed by atoms with Crippen molar-refractivity contribution in [1.82, 2.24) is 19.5 Å². The first-order valence-corrected chi connectivity index (χ1v) is 10.8. The molecule has 1 N–H and O–H groups in total. The fraction of sp³-hybridized carbons (Fsp3) is 0.0741. The second-order valence-corrected chi connectivity index (χ2v) is 8.13. The minimum Gasteiger partial charge on any atom is -0.506 e. The standard InChI is InChI=1S/C27H20N5O2.Pt/c1-31(2)22-10-6-14-28-27(22)32-21-9-4-3-7-18(21)19-13-12-17(15-23(19)32)34-25-16-29-20-8-5-11-24(33)26(20)30-25;/h3-14,16,33H,1-2H3;/q-1;. The van der Waals surface area contributed by atoms with Crippen LogP contribution >= 0.6 is 0 Å². The van der Waals surface area contributed by atoms with Crippen LogP contribution in [0.5, 0.6) is 17.4 Å². The first-order valence-electron chi connectivity index (χ1n) is 10.8. The molecular weight excluding hydrogens is 621 g/mol. The van der Waals surface area contributed by atoms with Crippen LogP contribution in [0, 0.1) is 6.07 Å². The van der Waals surface area contributed by atoms with Crippen LogP contribution in [-0.4, -0.2) is 38.7 Å². The number of hydrogen-bond donors (Lipinski definition) is 1. The smallest absolute Gasteiger partial charge is 0.236 e. The minimum atomic E-state index is 0. The second-order valence-electron chi connectivity index (χ2n) is 8.13. The van der Waals surface area contributed by atoms with E-state index in [1.165, 1.54) is 6.20 Å². The van der Waals surface area contributed by atoms with Crippen molar-refractivity contribution in [2.45, 2.75) is 0 Å². The molecule has 0 aliphatic heterocycles. The summed E-state index contributed by atoms with van der Waals surface area (Å²) < 4.78 is 8.13. The van der Waals surface area contributed by atoms with Crippen molar-refractivity contribution in [2.24, 2.45) is 0 Å². The molecule has 0 aliphatic carbocycles. The van der Waals surface area contributed by atoms with Gasteiger partial charge in [-0.05, 0) is 35.7 Å². The Morgan fingerprint density at radius 2 is 1.77 bits per heavy atom. The molecule has 8 heteroatoms. The summed E-state index contributed by atoms with van der Waals surface area (Å²) in [4.78, 5) is 15.5. The summed E-state index contributed by atoms with van der Waals surface area (Å²) in [5.41, 5.74) is 3.85. The number of nitrogens with zero attached hydrogens (tertiary/aromatic N) is 5. The number of ether oxygens (including phenoxy) is 1. The first kappa shape index (κ1) is 22.8. The Kier molecular flexibility index (Phi) is 5.87. The molecule has 0 radical (unpaired) electrons. The fourth-order valence-corrected chi connectivity index (χ4v) is 4.23. The van der Waals surface area contributed by atoms with Gasteiger partial charge in [0, 0.05) is 52.6 Å². The van der Waals surface area contributed by atoms with E-state index < -0.39 is 0 Å². The number of para-hydroxylation sites is 2. The number of aromatic nitrogens is 4. The molecule has 7 nitrogen and oxygen atoms in total. The normalized spacial score (nSPS) is 11.0. The van der Waals surface area contributed by atoms with Crippen molar-refractivity contribution < 1.29 is 30.9 Å². The molecule has 0 fully saturated rings. The topological polar surface area (TPSA) is 76.3 Å². The molecule has 0 amide bonds. The number of aromatic hydroxyl groups is 1. The Balaban J connectivity index is 0.00000253. The summed E-state index contributed by atoms with van der Waals surface area (Å²) in [5, 5.41) is 12.3. The predicted octanol–water partition coefficient (Wildman–Crippen LogP) is 5.48. The summed E-state index contributed by atoms with van der Waals surface area (Å²) in [7, 11) is 4.00. The van der Waals surface area contributed by atoms with Gasteiger partial charge in [-0.3, -0.25) is 0 Å². The maximum atomic E-state index is 10.1. The number of phenolic OH excluding ortho intramolecular Hbond substituents is 1. The van der Waals surface area contributed by atoms with Crippen molar-refractivity contribution in [1.29, 1.82) is 0 Å². The monoisotopic (exact) mass is 641 g/mol. The van der Waals surface area contributed by atoms with Crippen LogP contribution in [0.2, 0.25) is 0 Å². The summed E-state index contributed by atoms with van der Waals surface area (Å²) in [6.07, 6.45) is 3.33. The summed E-state index contributed by atoms with van der Waals surface area (Å²) in [6, 6.07) is 24.6. The Labute approximate surface area is 215 Å². The molecule has 3 aromatic carbocycles. The fourth-order valence-electron chi connectivity index (χ4n) is 4.23. The van der Waals surface area contributed by atoms with Gasteiger partial charge >= 0.3 is 0 Å². The third-order valence-electron chi connectivity index (χ3n) is 5.76. The van der Waals surface area contributed by atoms with Crippen molar-refractivity contribution in [3.63, 3.8) is 0 Å². The van der Waals surface area contributed by atoms with Crippen LogP contribution in [0.15, 0.2) is 79.1 Å². The van der Waals surface area contributed by atoms with Crippen LogP contribution in [0.1, 0.15) is 0 Å². The van der Waals surface area contributed by atoms with E-state index >= 15 is 0 Å². The van der Waals surface area contributed by atoms with Gasteiger partial charge in [0.15, 0.2) is 5.82 Å². The van der Waals surface area contributed by atoms with Gasteiger partial charge in [0.1, 0.15) is 11.3 Å². The van der Waals surface area contributed by atoms with Gasteiger partial charge in [-0.2, -0.15) is 6.07 Å². The predicted molar refractivity (Wildman–Crippen MR) is 133 cm³/mol. The quantitative estimate of drug-likeness (QED) is 0.257. The molecule has 0 unspecified atom stereocenters. The average Bonchev–Trinajstić information content (AvgIpc) is 3.18. The maximum Gasteiger partial charge on any atom is 0.236 e. The van der Waals surface area contributed by atoms with Gasteiger partial charge in [0.2, 0.25) is 5.88 Å². The number of pyridine rings is 1. The van der Waals surface area contributed by atoms with E-state index in [1.807, 2.05) is 55.4 Å². The molecule has 0 aliphatic rings. The zero-order valence-corrected chi connectivity index (χ0v) is 21.2. The Hall–Kier alpha value is -3.96. The van der Waals surface area contributed by atoms with Crippen molar-refractivity contribution in [3.05, 3.63) is 85.2 Å². The van der Waals surface area contributed by atoms with Crippen LogP contribution in [-0.2, 0) is 21.1 Å². The molecule has 0 bridgehead atoms. The molecule has 3 heterocycles. The van der Waals surface area contributed by atoms with Crippen LogP contribution in [0.25, 0.3) is 38.7 Å². The van der Waals surface area contributed by atoms with E-state index in [1.54, 1.807) is 24.4 Å². The van der Waals surface area contributed by atoms with Gasteiger partial charge in [-0.15, -0.1) is 17.5 Å². The van der Waals surface area contributed by atoms with Crippen LogP contribution in [0.3, 0.4) is 0 Å². The van der Waals surface area contributed by atoms with E-state index in [9.17, 15) is 5.11 Å². The number of anilines is 1. The number of benzene rings is 3. The van der Waals surface area contributed by atoms with Crippen molar-refractivity contribution in [3.8, 4) is 23.2 Å². The van der Waals surface area contributed by atoms with E-state index in [4.69, 9.17) is 9.72 Å². The molecule has 35 heavy (non-hydrogen) atoms. The van der Waals surface area contributed by atoms with Crippen molar-refractivity contribution >= 4 is 38.5 Å². The van der Waals surface area contributed by atoms with Crippen molar-refractivity contribution in [2.75, 3.05) is 19.0 Å². The molecule has 6 aromatic rings. The Morgan fingerprint density at radius 3 is 2.63 bits per heavy atom. The average molecular weight is 642 g/mol. The summed E-state index contributed by atoms with van der Waals surface area (Å²) in [5.74, 6) is 1.63. The van der Waals surface area contributed by atoms with E-state index in [0.717, 1.165) is 33.3 Å². The maximum absolute atomic E-state index is 10.1. The Bertz CT molecular complexity index is 1700. The van der Waals surface area contributed by atoms with Crippen LogP contribution in [0.4, 0.5) is 5.69 Å². The molecular formula is C27H20N5O2Pt-. The molecule has 6 rings (SSSR count). The van der Waals surface area contributed by atoms with Crippen LogP contribution < -0.4 is 9.64 Å². The summed E-state index contributed by atoms with van der Waals surface area (Å²) >= 11 is 0. The minimum absolute atomic E-state index is 0. The molecule has 3 aromatic heterocycles. The molecule has 176 valence electrons. The molecule has 0 atom stereocenters. The van der Waals surface area contributed by atoms with Gasteiger partial charge < -0.3 is 19.3 Å². The third kappa shape index (κ3) is 3.88. The molecule has 0 saturated carbocycles. The largest absolute Gasteiger partial charge is 0.506 e. The van der Waals surface area contributed by atoms with Gasteiger partial charge in [-0.25, -0.2) is 15.0 Å². The number of fused-ring (bicyclic) bond motifs is 4. The van der Waals surface area contributed by atoms with Gasteiger partial charge in [0.25, 0.3) is 0 Å².